The molecule has 70 valence electrons. The molecule has 0 fully saturated rings. The molecule has 1 atom stereocenters. The van der Waals surface area contributed by atoms with Gasteiger partial charge in [-0.15, -0.1) is 0 Å². The largest absolute Gasteiger partial charge is 0.496 e. The minimum atomic E-state index is -0.377. The van der Waals surface area contributed by atoms with Crippen LogP contribution in [0.3, 0.4) is 0 Å². The zero-order valence-corrected chi connectivity index (χ0v) is 8.27. The van der Waals surface area contributed by atoms with Gasteiger partial charge in [0.25, 0.3) is 0 Å². The van der Waals surface area contributed by atoms with Gasteiger partial charge in [-0.05, 0) is 37.3 Å². The topological polar surface area (TPSA) is 29.5 Å². The third-order valence-electron chi connectivity index (χ3n) is 1.89. The smallest absolute Gasteiger partial charge is 0.120 e. The number of aliphatic hydroxyl groups excluding tert-OH is 1. The fourth-order valence-corrected chi connectivity index (χ4v) is 1.64. The van der Waals surface area contributed by atoms with Crippen LogP contribution < -0.4 is 0 Å². The normalized spacial score (nSPS) is 19.7. The molecule has 0 radical (unpaired) electrons. The summed E-state index contributed by atoms with van der Waals surface area (Å²) in [5.74, 6) is 1.78. The highest BCUT2D eigenvalue weighted by Crippen LogP contribution is 2.16. The van der Waals surface area contributed by atoms with Crippen molar-refractivity contribution in [3.63, 3.8) is 0 Å². The Hall–Kier alpha value is -0.150. The van der Waals surface area contributed by atoms with E-state index in [-0.39, 0.29) is 6.10 Å². The van der Waals surface area contributed by atoms with Gasteiger partial charge in [0, 0.05) is 0 Å². The van der Waals surface area contributed by atoms with Gasteiger partial charge < -0.3 is 9.84 Å². The number of aliphatic hydroxyl groups is 1. The first-order valence-electron chi connectivity index (χ1n) is 4.34. The molecule has 2 nitrogen and oxygen atoms in total. The fourth-order valence-electron chi connectivity index (χ4n) is 1.18. The third kappa shape index (κ3) is 3.07. The molecule has 1 unspecified atom stereocenters. The van der Waals surface area contributed by atoms with Crippen molar-refractivity contribution in [1.29, 1.82) is 0 Å². The fraction of sp³-hybridized carbons (Fsp3) is 0.778. The van der Waals surface area contributed by atoms with E-state index < -0.39 is 0 Å². The van der Waals surface area contributed by atoms with Crippen LogP contribution in [0.4, 0.5) is 0 Å². The molecule has 0 aromatic carbocycles. The minimum absolute atomic E-state index is 0.377. The molecule has 3 heteroatoms. The van der Waals surface area contributed by atoms with Crippen LogP contribution in [0.5, 0.6) is 0 Å². The van der Waals surface area contributed by atoms with Gasteiger partial charge in [-0.3, -0.25) is 0 Å². The van der Waals surface area contributed by atoms with E-state index >= 15 is 0 Å². The molecule has 0 bridgehead atoms. The van der Waals surface area contributed by atoms with Crippen molar-refractivity contribution in [2.75, 3.05) is 18.6 Å². The molecule has 1 rings (SSSR count). The molecule has 1 N–H and O–H groups in total. The first-order valence-corrected chi connectivity index (χ1v) is 5.74. The van der Waals surface area contributed by atoms with Crippen LogP contribution in [0.15, 0.2) is 11.8 Å². The molecule has 0 saturated heterocycles. The summed E-state index contributed by atoms with van der Waals surface area (Å²) in [6.07, 6.45) is 6.60. The number of hydrogen-bond donors (Lipinski definition) is 1. The lowest BCUT2D eigenvalue weighted by molar-refractivity contribution is 0.0902. The molecular formula is C9H16O2S. The zero-order chi connectivity index (χ0) is 8.81. The van der Waals surface area contributed by atoms with Crippen LogP contribution >= 0.6 is 11.8 Å². The summed E-state index contributed by atoms with van der Waals surface area (Å²) < 4.78 is 5.34. The van der Waals surface area contributed by atoms with Crippen LogP contribution in [0.2, 0.25) is 0 Å². The van der Waals surface area contributed by atoms with Gasteiger partial charge in [-0.2, -0.15) is 11.8 Å². The highest BCUT2D eigenvalue weighted by Gasteiger charge is 2.13. The SMILES string of the molecule is CSCCC(O)C1=CCCCO1. The zero-order valence-electron chi connectivity index (χ0n) is 7.45. The molecule has 12 heavy (non-hydrogen) atoms. The Morgan fingerprint density at radius 1 is 1.75 bits per heavy atom. The Labute approximate surface area is 78.0 Å². The van der Waals surface area contributed by atoms with E-state index in [4.69, 9.17) is 4.74 Å². The summed E-state index contributed by atoms with van der Waals surface area (Å²) >= 11 is 1.75. The van der Waals surface area contributed by atoms with Crippen LogP contribution in [0.1, 0.15) is 19.3 Å². The highest BCUT2D eigenvalue weighted by atomic mass is 32.2. The predicted molar refractivity (Wildman–Crippen MR) is 52.3 cm³/mol. The maximum atomic E-state index is 9.60. The summed E-state index contributed by atoms with van der Waals surface area (Å²) in [5, 5.41) is 9.60. The molecule has 0 aromatic heterocycles. The van der Waals surface area contributed by atoms with Crippen molar-refractivity contribution < 1.29 is 9.84 Å². The standard InChI is InChI=1S/C9H16O2S/c1-12-7-5-8(10)9-4-2-3-6-11-9/h4,8,10H,2-3,5-7H2,1H3. The quantitative estimate of drug-likeness (QED) is 0.729. The lowest BCUT2D eigenvalue weighted by Crippen LogP contribution is -2.16. The van der Waals surface area contributed by atoms with E-state index in [2.05, 4.69) is 0 Å². The minimum Gasteiger partial charge on any atom is -0.496 e. The van der Waals surface area contributed by atoms with Crippen molar-refractivity contribution >= 4 is 11.8 Å². The average Bonchev–Trinajstić information content (AvgIpc) is 2.15. The maximum Gasteiger partial charge on any atom is 0.120 e. The number of hydrogen-bond acceptors (Lipinski definition) is 3. The lowest BCUT2D eigenvalue weighted by Gasteiger charge is -2.19. The van der Waals surface area contributed by atoms with Crippen molar-refractivity contribution in [1.82, 2.24) is 0 Å². The second-order valence-electron chi connectivity index (χ2n) is 2.89. The van der Waals surface area contributed by atoms with E-state index in [1.165, 1.54) is 0 Å². The molecule has 0 saturated carbocycles. The molecule has 1 heterocycles. The molecule has 1 aliphatic rings. The van der Waals surface area contributed by atoms with Crippen LogP contribution in [0, 0.1) is 0 Å². The van der Waals surface area contributed by atoms with E-state index in [0.29, 0.717) is 0 Å². The number of allylic oxidation sites excluding steroid dienone is 1. The summed E-state index contributed by atoms with van der Waals surface area (Å²) in [7, 11) is 0. The van der Waals surface area contributed by atoms with Crippen molar-refractivity contribution in [2.24, 2.45) is 0 Å². The Balaban J connectivity index is 2.29. The van der Waals surface area contributed by atoms with Gasteiger partial charge in [-0.25, -0.2) is 0 Å². The summed E-state index contributed by atoms with van der Waals surface area (Å²) in [6, 6.07) is 0. The van der Waals surface area contributed by atoms with Gasteiger partial charge in [0.05, 0.1) is 6.61 Å². The molecule has 0 spiro atoms. The van der Waals surface area contributed by atoms with Gasteiger partial charge in [0.2, 0.25) is 0 Å². The highest BCUT2D eigenvalue weighted by molar-refractivity contribution is 7.98. The van der Waals surface area contributed by atoms with Crippen LogP contribution in [-0.2, 0) is 4.74 Å². The Morgan fingerprint density at radius 2 is 2.58 bits per heavy atom. The second-order valence-corrected chi connectivity index (χ2v) is 3.88. The van der Waals surface area contributed by atoms with Crippen molar-refractivity contribution in [3.8, 4) is 0 Å². The van der Waals surface area contributed by atoms with E-state index in [1.807, 2.05) is 12.3 Å². The molecule has 1 aliphatic heterocycles. The molecule has 0 amide bonds. The van der Waals surface area contributed by atoms with E-state index in [1.54, 1.807) is 11.8 Å². The summed E-state index contributed by atoms with van der Waals surface area (Å²) in [5.41, 5.74) is 0. The predicted octanol–water partition coefficient (Wildman–Crippen LogP) is 1.79. The van der Waals surface area contributed by atoms with Gasteiger partial charge >= 0.3 is 0 Å². The van der Waals surface area contributed by atoms with Gasteiger partial charge in [0.15, 0.2) is 0 Å². The third-order valence-corrected chi connectivity index (χ3v) is 2.53. The Morgan fingerprint density at radius 3 is 3.17 bits per heavy atom. The van der Waals surface area contributed by atoms with Crippen LogP contribution in [-0.4, -0.2) is 29.8 Å². The first kappa shape index (κ1) is 9.93. The van der Waals surface area contributed by atoms with Crippen molar-refractivity contribution in [2.45, 2.75) is 25.4 Å². The number of ether oxygens (including phenoxy) is 1. The van der Waals surface area contributed by atoms with Crippen LogP contribution in [0.25, 0.3) is 0 Å². The van der Waals surface area contributed by atoms with E-state index in [9.17, 15) is 5.11 Å². The molecular weight excluding hydrogens is 172 g/mol. The van der Waals surface area contributed by atoms with Gasteiger partial charge in [-0.1, -0.05) is 0 Å². The summed E-state index contributed by atoms with van der Waals surface area (Å²) in [6.45, 7) is 0.766. The monoisotopic (exact) mass is 188 g/mol. The molecule has 0 aliphatic carbocycles. The maximum absolute atomic E-state index is 9.60. The van der Waals surface area contributed by atoms with E-state index in [0.717, 1.165) is 37.4 Å². The number of rotatable bonds is 4. The Bertz CT molecular complexity index is 157. The second kappa shape index (κ2) is 5.49. The summed E-state index contributed by atoms with van der Waals surface area (Å²) in [4.78, 5) is 0. The molecule has 0 aromatic rings. The first-order chi connectivity index (χ1) is 5.84. The number of thioether (sulfide) groups is 1. The lowest BCUT2D eigenvalue weighted by atomic mass is 10.1. The van der Waals surface area contributed by atoms with Gasteiger partial charge in [0.1, 0.15) is 11.9 Å². The Kier molecular flexibility index (Phi) is 4.54. The van der Waals surface area contributed by atoms with Crippen molar-refractivity contribution in [3.05, 3.63) is 11.8 Å². The average molecular weight is 188 g/mol.